The second-order valence-electron chi connectivity index (χ2n) is 6.81. The van der Waals surface area contributed by atoms with Crippen molar-refractivity contribution in [3.05, 3.63) is 94.9 Å². The second kappa shape index (κ2) is 7.31. The average Bonchev–Trinajstić information content (AvgIpc) is 2.73. The van der Waals surface area contributed by atoms with Crippen LogP contribution < -0.4 is 10.7 Å². The van der Waals surface area contributed by atoms with Gasteiger partial charge >= 0.3 is 0 Å². The highest BCUT2D eigenvalue weighted by Crippen LogP contribution is 2.29. The third kappa shape index (κ3) is 3.48. The molecule has 1 heterocycles. The lowest BCUT2D eigenvalue weighted by Crippen LogP contribution is -2.22. The minimum atomic E-state index is -3.84. The van der Waals surface area contributed by atoms with Gasteiger partial charge in [-0.2, -0.15) is 0 Å². The fourth-order valence-corrected chi connectivity index (χ4v) is 4.18. The Balaban J connectivity index is 2.07. The van der Waals surface area contributed by atoms with E-state index in [-0.39, 0.29) is 10.5 Å². The molecule has 6 heteroatoms. The molecule has 0 fully saturated rings. The smallest absolute Gasteiger partial charge is 0.263 e. The number of hydrogen-bond donors (Lipinski definition) is 1. The van der Waals surface area contributed by atoms with Crippen molar-refractivity contribution < 1.29 is 8.42 Å². The van der Waals surface area contributed by atoms with Crippen molar-refractivity contribution in [3.63, 3.8) is 0 Å². The molecule has 0 aliphatic carbocycles. The van der Waals surface area contributed by atoms with Crippen molar-refractivity contribution in [2.24, 2.45) is 5.14 Å². The quantitative estimate of drug-likeness (QED) is 0.561. The fraction of sp³-hybridized carbons (Fsp3) is 0.0870. The number of aryl methyl sites for hydroxylation is 1. The zero-order valence-corrected chi connectivity index (χ0v) is 16.7. The lowest BCUT2D eigenvalue weighted by Gasteiger charge is -2.15. The fourth-order valence-electron chi connectivity index (χ4n) is 3.62. The molecule has 0 unspecified atom stereocenters. The highest BCUT2D eigenvalue weighted by molar-refractivity contribution is 7.89. The number of fused-ring (bicyclic) bond motifs is 1. The molecule has 5 nitrogen and oxygen atoms in total. The van der Waals surface area contributed by atoms with Crippen LogP contribution in [0.15, 0.2) is 88.6 Å². The van der Waals surface area contributed by atoms with Gasteiger partial charge in [-0.15, -0.1) is 0 Å². The van der Waals surface area contributed by atoms with Crippen LogP contribution in [0, 0.1) is 0 Å². The SMILES string of the molecule is CCc1cc2cccc(-c3cccc(S(N)(=O)=O)c3)c2c(=O)n1-c1ccccc1. The van der Waals surface area contributed by atoms with Gasteiger partial charge in [0.25, 0.3) is 5.56 Å². The Morgan fingerprint density at radius 3 is 2.31 bits per heavy atom. The molecule has 0 aliphatic heterocycles. The number of para-hydroxylation sites is 1. The van der Waals surface area contributed by atoms with Gasteiger partial charge in [-0.1, -0.05) is 55.5 Å². The van der Waals surface area contributed by atoms with Gasteiger partial charge in [-0.05, 0) is 53.3 Å². The molecule has 0 spiro atoms. The van der Waals surface area contributed by atoms with Crippen molar-refractivity contribution in [1.29, 1.82) is 0 Å². The molecule has 0 saturated carbocycles. The summed E-state index contributed by atoms with van der Waals surface area (Å²) in [5, 5.41) is 6.65. The van der Waals surface area contributed by atoms with Crippen LogP contribution in [0.1, 0.15) is 12.6 Å². The standard InChI is InChI=1S/C23H20N2O3S/c1-2-18-14-17-9-7-13-21(16-8-6-12-20(15-16)29(24,27)28)22(17)23(26)25(18)19-10-4-3-5-11-19/h3-15H,2H2,1H3,(H2,24,27,28). The maximum absolute atomic E-state index is 13.6. The van der Waals surface area contributed by atoms with Crippen LogP contribution in [0.4, 0.5) is 0 Å². The minimum absolute atomic E-state index is 0.0144. The molecule has 1 aromatic heterocycles. The largest absolute Gasteiger partial charge is 0.281 e. The first-order valence-electron chi connectivity index (χ1n) is 9.26. The zero-order chi connectivity index (χ0) is 20.6. The van der Waals surface area contributed by atoms with Crippen LogP contribution in [0.2, 0.25) is 0 Å². The van der Waals surface area contributed by atoms with Gasteiger partial charge in [0, 0.05) is 11.4 Å². The summed E-state index contributed by atoms with van der Waals surface area (Å²) in [5.74, 6) is 0. The molecule has 0 aliphatic rings. The Morgan fingerprint density at radius 1 is 0.897 bits per heavy atom. The highest BCUT2D eigenvalue weighted by Gasteiger charge is 2.15. The molecular formula is C23H20N2O3S. The minimum Gasteiger partial charge on any atom is -0.281 e. The first-order chi connectivity index (χ1) is 13.9. The van der Waals surface area contributed by atoms with Crippen molar-refractivity contribution in [1.82, 2.24) is 4.57 Å². The second-order valence-corrected chi connectivity index (χ2v) is 8.37. The summed E-state index contributed by atoms with van der Waals surface area (Å²) in [4.78, 5) is 13.6. The van der Waals surface area contributed by atoms with E-state index in [2.05, 4.69) is 0 Å². The van der Waals surface area contributed by atoms with E-state index in [1.165, 1.54) is 12.1 Å². The van der Waals surface area contributed by atoms with Crippen molar-refractivity contribution in [3.8, 4) is 16.8 Å². The summed E-state index contributed by atoms with van der Waals surface area (Å²) >= 11 is 0. The van der Waals surface area contributed by atoms with E-state index < -0.39 is 10.0 Å². The van der Waals surface area contributed by atoms with E-state index in [1.807, 2.05) is 61.5 Å². The number of nitrogens with two attached hydrogens (primary N) is 1. The molecule has 0 amide bonds. The normalized spacial score (nSPS) is 11.7. The number of nitrogens with zero attached hydrogens (tertiary/aromatic N) is 1. The van der Waals surface area contributed by atoms with E-state index in [1.54, 1.807) is 16.7 Å². The summed E-state index contributed by atoms with van der Waals surface area (Å²) < 4.78 is 25.3. The van der Waals surface area contributed by atoms with E-state index in [4.69, 9.17) is 5.14 Å². The van der Waals surface area contributed by atoms with Gasteiger partial charge in [0.05, 0.1) is 10.3 Å². The lowest BCUT2D eigenvalue weighted by atomic mass is 9.98. The van der Waals surface area contributed by atoms with Crippen molar-refractivity contribution in [2.45, 2.75) is 18.2 Å². The van der Waals surface area contributed by atoms with Crippen LogP contribution >= 0.6 is 0 Å². The monoisotopic (exact) mass is 404 g/mol. The van der Waals surface area contributed by atoms with Gasteiger partial charge in [-0.25, -0.2) is 13.6 Å². The molecule has 0 bridgehead atoms. The first kappa shape index (κ1) is 19.1. The Labute approximate surface area is 169 Å². The number of rotatable bonds is 4. The molecule has 3 aromatic carbocycles. The molecule has 146 valence electrons. The van der Waals surface area contributed by atoms with E-state index in [9.17, 15) is 13.2 Å². The van der Waals surface area contributed by atoms with Crippen LogP contribution in [0.5, 0.6) is 0 Å². The molecule has 0 atom stereocenters. The Hall–Kier alpha value is -3.22. The number of aromatic nitrogens is 1. The average molecular weight is 404 g/mol. The van der Waals surface area contributed by atoms with Crippen LogP contribution in [0.3, 0.4) is 0 Å². The van der Waals surface area contributed by atoms with Crippen LogP contribution in [-0.2, 0) is 16.4 Å². The predicted octanol–water partition coefficient (Wildman–Crippen LogP) is 3.87. The van der Waals surface area contributed by atoms with Gasteiger partial charge in [0.2, 0.25) is 10.0 Å². The molecular weight excluding hydrogens is 384 g/mol. The van der Waals surface area contributed by atoms with Gasteiger partial charge in [0.1, 0.15) is 0 Å². The van der Waals surface area contributed by atoms with Crippen LogP contribution in [0.25, 0.3) is 27.6 Å². The maximum atomic E-state index is 13.6. The lowest BCUT2D eigenvalue weighted by molar-refractivity contribution is 0.598. The van der Waals surface area contributed by atoms with E-state index >= 15 is 0 Å². The molecule has 4 rings (SSSR count). The zero-order valence-electron chi connectivity index (χ0n) is 15.9. The van der Waals surface area contributed by atoms with Gasteiger partial charge in [0.15, 0.2) is 0 Å². The Bertz CT molecular complexity index is 1370. The number of primary sulfonamides is 1. The first-order valence-corrected chi connectivity index (χ1v) is 10.8. The highest BCUT2D eigenvalue weighted by atomic mass is 32.2. The third-order valence-electron chi connectivity index (χ3n) is 4.97. The molecule has 0 saturated heterocycles. The Kier molecular flexibility index (Phi) is 4.82. The summed E-state index contributed by atoms with van der Waals surface area (Å²) in [6.45, 7) is 2.01. The van der Waals surface area contributed by atoms with E-state index in [0.29, 0.717) is 22.9 Å². The molecule has 0 radical (unpaired) electrons. The summed E-state index contributed by atoms with van der Waals surface area (Å²) in [6, 6.07) is 23.5. The van der Waals surface area contributed by atoms with Crippen molar-refractivity contribution >= 4 is 20.8 Å². The topological polar surface area (TPSA) is 82.2 Å². The van der Waals surface area contributed by atoms with Gasteiger partial charge in [-0.3, -0.25) is 9.36 Å². The number of hydrogen-bond acceptors (Lipinski definition) is 3. The predicted molar refractivity (Wildman–Crippen MR) is 116 cm³/mol. The molecule has 4 aromatic rings. The number of sulfonamides is 1. The molecule has 2 N–H and O–H groups in total. The Morgan fingerprint density at radius 2 is 1.62 bits per heavy atom. The summed E-state index contributed by atoms with van der Waals surface area (Å²) in [5.41, 5.74) is 2.86. The van der Waals surface area contributed by atoms with Gasteiger partial charge < -0.3 is 0 Å². The summed E-state index contributed by atoms with van der Waals surface area (Å²) in [6.07, 6.45) is 0.700. The van der Waals surface area contributed by atoms with Crippen molar-refractivity contribution in [2.75, 3.05) is 0 Å². The molecule has 29 heavy (non-hydrogen) atoms. The summed E-state index contributed by atoms with van der Waals surface area (Å²) in [7, 11) is -3.84. The van der Waals surface area contributed by atoms with E-state index in [0.717, 1.165) is 16.8 Å². The number of benzene rings is 3. The number of pyridine rings is 1. The van der Waals surface area contributed by atoms with Crippen LogP contribution in [-0.4, -0.2) is 13.0 Å². The third-order valence-corrected chi connectivity index (χ3v) is 5.88. The maximum Gasteiger partial charge on any atom is 0.263 e.